The lowest BCUT2D eigenvalue weighted by Gasteiger charge is -2.17. The number of hydrogen-bond donors (Lipinski definition) is 1. The van der Waals surface area contributed by atoms with Crippen molar-refractivity contribution in [2.45, 2.75) is 26.2 Å². The second-order valence-electron chi connectivity index (χ2n) is 4.55. The van der Waals surface area contributed by atoms with Crippen LogP contribution in [0.15, 0.2) is 24.8 Å². The zero-order chi connectivity index (χ0) is 11.0. The number of rotatable bonds is 1. The van der Waals surface area contributed by atoms with Crippen molar-refractivity contribution in [2.75, 3.05) is 0 Å². The van der Waals surface area contributed by atoms with Crippen molar-refractivity contribution in [1.82, 2.24) is 15.0 Å². The molecule has 0 aromatic carbocycles. The minimum Gasteiger partial charge on any atom is -0.345 e. The molecule has 16 heavy (non-hydrogen) atoms. The molecule has 0 saturated heterocycles. The molecule has 0 saturated carbocycles. The summed E-state index contributed by atoms with van der Waals surface area (Å²) in [5, 5.41) is 1.14. The maximum absolute atomic E-state index is 4.22. The Morgan fingerprint density at radius 2 is 2.38 bits per heavy atom. The molecular weight excluding hydrogens is 198 g/mol. The summed E-state index contributed by atoms with van der Waals surface area (Å²) in [6.07, 6.45) is 11.7. The van der Waals surface area contributed by atoms with Gasteiger partial charge >= 0.3 is 0 Å². The van der Waals surface area contributed by atoms with Gasteiger partial charge in [-0.05, 0) is 30.8 Å². The van der Waals surface area contributed by atoms with E-state index in [4.69, 9.17) is 0 Å². The highest BCUT2D eigenvalue weighted by atomic mass is 14.9. The number of hydrogen-bond acceptors (Lipinski definition) is 2. The average molecular weight is 213 g/mol. The summed E-state index contributed by atoms with van der Waals surface area (Å²) >= 11 is 0. The summed E-state index contributed by atoms with van der Waals surface area (Å²) in [6.45, 7) is 2.28. The van der Waals surface area contributed by atoms with Gasteiger partial charge in [0.05, 0.1) is 0 Å². The summed E-state index contributed by atoms with van der Waals surface area (Å²) in [7, 11) is 0. The minimum absolute atomic E-state index is 0.693. The topological polar surface area (TPSA) is 41.6 Å². The van der Waals surface area contributed by atoms with Gasteiger partial charge in [0.2, 0.25) is 0 Å². The van der Waals surface area contributed by atoms with Crippen LogP contribution in [0.4, 0.5) is 0 Å². The SMILES string of the molecule is C[C@@H]1C=C(c2c[nH]c3ncncc23)CCC1. The molecule has 0 aliphatic heterocycles. The summed E-state index contributed by atoms with van der Waals surface area (Å²) in [6, 6.07) is 0. The van der Waals surface area contributed by atoms with E-state index in [1.54, 1.807) is 6.33 Å². The molecule has 3 heteroatoms. The molecule has 3 nitrogen and oxygen atoms in total. The van der Waals surface area contributed by atoms with Crippen LogP contribution in [-0.4, -0.2) is 15.0 Å². The summed E-state index contributed by atoms with van der Waals surface area (Å²) in [4.78, 5) is 11.5. The zero-order valence-corrected chi connectivity index (χ0v) is 9.40. The van der Waals surface area contributed by atoms with E-state index >= 15 is 0 Å². The molecule has 2 aromatic heterocycles. The molecule has 1 atom stereocenters. The van der Waals surface area contributed by atoms with E-state index in [-0.39, 0.29) is 0 Å². The van der Waals surface area contributed by atoms with Crippen LogP contribution in [-0.2, 0) is 0 Å². The standard InChI is InChI=1S/C13H15N3/c1-9-3-2-4-10(5-9)11-7-15-13-12(11)6-14-8-16-13/h5-9H,2-4H2,1H3,(H,14,15,16)/t9-/m0/s1. The molecule has 2 aromatic rings. The van der Waals surface area contributed by atoms with Gasteiger partial charge in [0.25, 0.3) is 0 Å². The maximum atomic E-state index is 4.22. The number of allylic oxidation sites excluding steroid dienone is 2. The number of fused-ring (bicyclic) bond motifs is 1. The monoisotopic (exact) mass is 213 g/mol. The van der Waals surface area contributed by atoms with Gasteiger partial charge in [-0.25, -0.2) is 9.97 Å². The highest BCUT2D eigenvalue weighted by Gasteiger charge is 2.14. The van der Waals surface area contributed by atoms with E-state index in [9.17, 15) is 0 Å². The summed E-state index contributed by atoms with van der Waals surface area (Å²) < 4.78 is 0. The smallest absolute Gasteiger partial charge is 0.141 e. The number of aromatic amines is 1. The van der Waals surface area contributed by atoms with Crippen molar-refractivity contribution >= 4 is 16.6 Å². The molecule has 1 N–H and O–H groups in total. The number of nitrogens with one attached hydrogen (secondary N) is 1. The van der Waals surface area contributed by atoms with Crippen LogP contribution in [0.25, 0.3) is 16.6 Å². The second kappa shape index (κ2) is 3.74. The molecule has 82 valence electrons. The van der Waals surface area contributed by atoms with Gasteiger partial charge in [0.1, 0.15) is 12.0 Å². The summed E-state index contributed by atoms with van der Waals surface area (Å²) in [5.41, 5.74) is 3.66. The molecule has 2 heterocycles. The number of H-pyrrole nitrogens is 1. The van der Waals surface area contributed by atoms with Gasteiger partial charge in [0.15, 0.2) is 0 Å². The van der Waals surface area contributed by atoms with Crippen LogP contribution in [0.3, 0.4) is 0 Å². The highest BCUT2D eigenvalue weighted by Crippen LogP contribution is 2.32. The lowest BCUT2D eigenvalue weighted by atomic mass is 9.88. The van der Waals surface area contributed by atoms with Crippen LogP contribution < -0.4 is 0 Å². The van der Waals surface area contributed by atoms with Crippen molar-refractivity contribution in [3.8, 4) is 0 Å². The normalized spacial score (nSPS) is 21.1. The Morgan fingerprint density at radius 3 is 3.25 bits per heavy atom. The first-order valence-corrected chi connectivity index (χ1v) is 5.83. The third kappa shape index (κ3) is 1.52. The molecule has 0 amide bonds. The first kappa shape index (κ1) is 9.58. The molecule has 1 aliphatic carbocycles. The second-order valence-corrected chi connectivity index (χ2v) is 4.55. The molecule has 0 spiro atoms. The quantitative estimate of drug-likeness (QED) is 0.790. The van der Waals surface area contributed by atoms with Gasteiger partial charge in [0, 0.05) is 23.3 Å². The Morgan fingerprint density at radius 1 is 1.44 bits per heavy atom. The first-order valence-electron chi connectivity index (χ1n) is 5.83. The fourth-order valence-electron chi connectivity index (χ4n) is 2.47. The molecule has 0 bridgehead atoms. The van der Waals surface area contributed by atoms with E-state index in [1.165, 1.54) is 30.4 Å². The van der Waals surface area contributed by atoms with Gasteiger partial charge < -0.3 is 4.98 Å². The lowest BCUT2D eigenvalue weighted by molar-refractivity contribution is 0.593. The predicted molar refractivity (Wildman–Crippen MR) is 64.9 cm³/mol. The number of aromatic nitrogens is 3. The number of nitrogens with zero attached hydrogens (tertiary/aromatic N) is 2. The Labute approximate surface area is 94.6 Å². The lowest BCUT2D eigenvalue weighted by Crippen LogP contribution is -1.99. The Balaban J connectivity index is 2.12. The van der Waals surface area contributed by atoms with E-state index in [0.717, 1.165) is 11.0 Å². The third-order valence-corrected chi connectivity index (χ3v) is 3.29. The molecule has 0 fully saturated rings. The Bertz CT molecular complexity index is 539. The molecule has 0 unspecified atom stereocenters. The van der Waals surface area contributed by atoms with Crippen LogP contribution in [0, 0.1) is 5.92 Å². The van der Waals surface area contributed by atoms with Crippen molar-refractivity contribution in [2.24, 2.45) is 5.92 Å². The predicted octanol–water partition coefficient (Wildman–Crippen LogP) is 3.16. The van der Waals surface area contributed by atoms with Crippen molar-refractivity contribution < 1.29 is 0 Å². The van der Waals surface area contributed by atoms with Gasteiger partial charge in [-0.1, -0.05) is 13.0 Å². The Kier molecular flexibility index (Phi) is 2.24. The van der Waals surface area contributed by atoms with Crippen molar-refractivity contribution in [3.05, 3.63) is 30.4 Å². The van der Waals surface area contributed by atoms with E-state index in [2.05, 4.69) is 34.1 Å². The molecular formula is C13H15N3. The van der Waals surface area contributed by atoms with Crippen LogP contribution in [0.2, 0.25) is 0 Å². The van der Waals surface area contributed by atoms with Gasteiger partial charge in [-0.3, -0.25) is 0 Å². The van der Waals surface area contributed by atoms with Crippen LogP contribution >= 0.6 is 0 Å². The van der Waals surface area contributed by atoms with Gasteiger partial charge in [-0.2, -0.15) is 0 Å². The van der Waals surface area contributed by atoms with Gasteiger partial charge in [-0.15, -0.1) is 0 Å². The Hall–Kier alpha value is -1.64. The largest absolute Gasteiger partial charge is 0.345 e. The highest BCUT2D eigenvalue weighted by molar-refractivity contribution is 5.90. The first-order chi connectivity index (χ1) is 7.84. The minimum atomic E-state index is 0.693. The molecule has 1 aliphatic rings. The van der Waals surface area contributed by atoms with E-state index in [0.29, 0.717) is 5.92 Å². The van der Waals surface area contributed by atoms with E-state index in [1.807, 2.05) is 6.20 Å². The molecule has 0 radical (unpaired) electrons. The third-order valence-electron chi connectivity index (χ3n) is 3.29. The average Bonchev–Trinajstić information content (AvgIpc) is 2.72. The van der Waals surface area contributed by atoms with E-state index < -0.39 is 0 Å². The maximum Gasteiger partial charge on any atom is 0.141 e. The fraction of sp³-hybridized carbons (Fsp3) is 0.385. The van der Waals surface area contributed by atoms with Crippen LogP contribution in [0.1, 0.15) is 31.7 Å². The van der Waals surface area contributed by atoms with Crippen molar-refractivity contribution in [3.63, 3.8) is 0 Å². The van der Waals surface area contributed by atoms with Crippen LogP contribution in [0.5, 0.6) is 0 Å². The summed E-state index contributed by atoms with van der Waals surface area (Å²) in [5.74, 6) is 0.693. The van der Waals surface area contributed by atoms with Crippen molar-refractivity contribution in [1.29, 1.82) is 0 Å². The zero-order valence-electron chi connectivity index (χ0n) is 9.40. The molecule has 3 rings (SSSR count). The fourth-order valence-corrected chi connectivity index (χ4v) is 2.47.